The van der Waals surface area contributed by atoms with Gasteiger partial charge in [-0.15, -0.1) is 11.8 Å². The minimum Gasteiger partial charge on any atom is -0.497 e. The molecule has 0 radical (unpaired) electrons. The highest BCUT2D eigenvalue weighted by Gasteiger charge is 2.33. The van der Waals surface area contributed by atoms with E-state index in [-0.39, 0.29) is 23.4 Å². The second-order valence-corrected chi connectivity index (χ2v) is 6.26. The minimum absolute atomic E-state index is 0.0477. The van der Waals surface area contributed by atoms with Crippen LogP contribution in [0, 0.1) is 11.6 Å². The van der Waals surface area contributed by atoms with Crippen LogP contribution in [0.3, 0.4) is 0 Å². The molecular weight excluding hydrogens is 320 g/mol. The molecule has 1 fully saturated rings. The van der Waals surface area contributed by atoms with E-state index < -0.39 is 11.6 Å². The van der Waals surface area contributed by atoms with Crippen LogP contribution in [-0.2, 0) is 11.3 Å². The molecule has 0 N–H and O–H groups in total. The highest BCUT2D eigenvalue weighted by Crippen LogP contribution is 2.40. The van der Waals surface area contributed by atoms with E-state index >= 15 is 0 Å². The van der Waals surface area contributed by atoms with Crippen molar-refractivity contribution in [2.24, 2.45) is 0 Å². The third-order valence-corrected chi connectivity index (χ3v) is 4.97. The number of ether oxygens (including phenoxy) is 1. The van der Waals surface area contributed by atoms with Crippen molar-refractivity contribution in [1.82, 2.24) is 4.90 Å². The standard InChI is InChI=1S/C17H15F2NO2S/c1-22-14-5-2-11(3-6-14)17-20(16(21)10-23-17)9-12-8-13(18)4-7-15(12)19/h2-8,17H,9-10H2,1H3. The molecule has 1 amide bonds. The van der Waals surface area contributed by atoms with Crippen LogP contribution in [0.1, 0.15) is 16.5 Å². The Morgan fingerprint density at radius 2 is 1.96 bits per heavy atom. The number of methoxy groups -OCH3 is 1. The summed E-state index contributed by atoms with van der Waals surface area (Å²) in [7, 11) is 1.59. The number of amides is 1. The molecule has 1 aliphatic rings. The SMILES string of the molecule is COc1ccc(C2SCC(=O)N2Cc2cc(F)ccc2F)cc1. The van der Waals surface area contributed by atoms with Gasteiger partial charge in [-0.1, -0.05) is 12.1 Å². The van der Waals surface area contributed by atoms with Gasteiger partial charge in [-0.05, 0) is 35.9 Å². The third kappa shape index (κ3) is 3.32. The maximum absolute atomic E-state index is 13.9. The molecule has 3 nitrogen and oxygen atoms in total. The summed E-state index contributed by atoms with van der Waals surface area (Å²) in [6, 6.07) is 10.7. The molecule has 120 valence electrons. The van der Waals surface area contributed by atoms with Crippen molar-refractivity contribution in [3.8, 4) is 5.75 Å². The Hall–Kier alpha value is -2.08. The number of carbonyl (C=O) groups is 1. The number of nitrogens with zero attached hydrogens (tertiary/aromatic N) is 1. The van der Waals surface area contributed by atoms with Crippen molar-refractivity contribution >= 4 is 17.7 Å². The molecule has 23 heavy (non-hydrogen) atoms. The van der Waals surface area contributed by atoms with Gasteiger partial charge in [0.25, 0.3) is 0 Å². The quantitative estimate of drug-likeness (QED) is 0.852. The normalized spacial score (nSPS) is 17.6. The molecule has 1 saturated heterocycles. The van der Waals surface area contributed by atoms with E-state index in [9.17, 15) is 13.6 Å². The molecule has 3 rings (SSSR count). The zero-order valence-electron chi connectivity index (χ0n) is 12.5. The molecule has 2 aromatic rings. The minimum atomic E-state index is -0.512. The largest absolute Gasteiger partial charge is 0.497 e. The van der Waals surface area contributed by atoms with Gasteiger partial charge in [0.05, 0.1) is 19.4 Å². The van der Waals surface area contributed by atoms with Crippen LogP contribution in [0.5, 0.6) is 5.75 Å². The van der Waals surface area contributed by atoms with Gasteiger partial charge >= 0.3 is 0 Å². The number of hydrogen-bond acceptors (Lipinski definition) is 3. The molecule has 0 spiro atoms. The number of halogens is 2. The lowest BCUT2D eigenvalue weighted by molar-refractivity contribution is -0.128. The van der Waals surface area contributed by atoms with Gasteiger partial charge in [0, 0.05) is 5.56 Å². The van der Waals surface area contributed by atoms with Crippen LogP contribution in [0.25, 0.3) is 0 Å². The number of rotatable bonds is 4. The first kappa shape index (κ1) is 15.8. The third-order valence-electron chi connectivity index (χ3n) is 3.72. The molecule has 0 bridgehead atoms. The Balaban J connectivity index is 1.86. The van der Waals surface area contributed by atoms with E-state index in [1.807, 2.05) is 24.3 Å². The summed E-state index contributed by atoms with van der Waals surface area (Å²) in [5.41, 5.74) is 1.11. The van der Waals surface area contributed by atoms with Crippen molar-refractivity contribution in [3.63, 3.8) is 0 Å². The highest BCUT2D eigenvalue weighted by molar-refractivity contribution is 8.00. The van der Waals surface area contributed by atoms with Gasteiger partial charge in [-0.3, -0.25) is 4.79 Å². The zero-order valence-corrected chi connectivity index (χ0v) is 13.3. The fourth-order valence-corrected chi connectivity index (χ4v) is 3.71. The molecule has 0 aromatic heterocycles. The van der Waals surface area contributed by atoms with Crippen molar-refractivity contribution < 1.29 is 18.3 Å². The van der Waals surface area contributed by atoms with Crippen LogP contribution >= 0.6 is 11.8 Å². The van der Waals surface area contributed by atoms with Gasteiger partial charge in [-0.25, -0.2) is 8.78 Å². The molecule has 1 atom stereocenters. The topological polar surface area (TPSA) is 29.5 Å². The summed E-state index contributed by atoms with van der Waals surface area (Å²) in [5.74, 6) is -0.0512. The molecule has 6 heteroatoms. The predicted octanol–water partition coefficient (Wildman–Crippen LogP) is 3.75. The van der Waals surface area contributed by atoms with Gasteiger partial charge < -0.3 is 9.64 Å². The number of carbonyl (C=O) groups excluding carboxylic acids is 1. The molecule has 1 heterocycles. The predicted molar refractivity (Wildman–Crippen MR) is 85.1 cm³/mol. The first-order chi connectivity index (χ1) is 11.1. The van der Waals surface area contributed by atoms with Crippen molar-refractivity contribution in [1.29, 1.82) is 0 Å². The Morgan fingerprint density at radius 1 is 1.22 bits per heavy atom. The van der Waals surface area contributed by atoms with Gasteiger partial charge in [0.2, 0.25) is 5.91 Å². The molecular formula is C17H15F2NO2S. The molecule has 0 saturated carbocycles. The maximum Gasteiger partial charge on any atom is 0.234 e. The summed E-state index contributed by atoms with van der Waals surface area (Å²) < 4.78 is 32.3. The maximum atomic E-state index is 13.9. The average Bonchev–Trinajstić information content (AvgIpc) is 2.92. The number of benzene rings is 2. The van der Waals surface area contributed by atoms with Crippen LogP contribution in [0.2, 0.25) is 0 Å². The van der Waals surface area contributed by atoms with E-state index in [4.69, 9.17) is 4.74 Å². The Labute approximate surface area is 137 Å². The van der Waals surface area contributed by atoms with E-state index in [1.54, 1.807) is 12.0 Å². The summed E-state index contributed by atoms with van der Waals surface area (Å²) in [5, 5.41) is -0.212. The molecule has 1 unspecified atom stereocenters. The second-order valence-electron chi connectivity index (χ2n) is 5.19. The van der Waals surface area contributed by atoms with Crippen LogP contribution < -0.4 is 4.74 Å². The fraction of sp³-hybridized carbons (Fsp3) is 0.235. The first-order valence-corrected chi connectivity index (χ1v) is 8.12. The smallest absolute Gasteiger partial charge is 0.234 e. The van der Waals surface area contributed by atoms with E-state index in [2.05, 4.69) is 0 Å². The van der Waals surface area contributed by atoms with Gasteiger partial charge in [0.1, 0.15) is 22.8 Å². The van der Waals surface area contributed by atoms with E-state index in [0.717, 1.165) is 29.5 Å². The number of hydrogen-bond donors (Lipinski definition) is 0. The van der Waals surface area contributed by atoms with Crippen LogP contribution in [0.15, 0.2) is 42.5 Å². The van der Waals surface area contributed by atoms with Crippen LogP contribution in [-0.4, -0.2) is 23.7 Å². The number of thioether (sulfide) groups is 1. The molecule has 0 aliphatic carbocycles. The second kappa shape index (κ2) is 6.58. The van der Waals surface area contributed by atoms with Crippen molar-refractivity contribution in [2.45, 2.75) is 11.9 Å². The fourth-order valence-electron chi connectivity index (χ4n) is 2.52. The Bertz CT molecular complexity index is 721. The molecule has 2 aromatic carbocycles. The Kier molecular flexibility index (Phi) is 4.52. The summed E-state index contributed by atoms with van der Waals surface area (Å²) in [6.07, 6.45) is 0. The summed E-state index contributed by atoms with van der Waals surface area (Å²) >= 11 is 1.47. The van der Waals surface area contributed by atoms with Crippen molar-refractivity contribution in [2.75, 3.05) is 12.9 Å². The lowest BCUT2D eigenvalue weighted by Crippen LogP contribution is -2.28. The first-order valence-electron chi connectivity index (χ1n) is 7.07. The van der Waals surface area contributed by atoms with Crippen LogP contribution in [0.4, 0.5) is 8.78 Å². The molecule has 1 aliphatic heterocycles. The highest BCUT2D eigenvalue weighted by atomic mass is 32.2. The van der Waals surface area contributed by atoms with Crippen molar-refractivity contribution in [3.05, 3.63) is 65.2 Å². The Morgan fingerprint density at radius 3 is 2.65 bits per heavy atom. The lowest BCUT2D eigenvalue weighted by atomic mass is 10.1. The lowest BCUT2D eigenvalue weighted by Gasteiger charge is -2.24. The average molecular weight is 335 g/mol. The zero-order chi connectivity index (χ0) is 16.4. The van der Waals surface area contributed by atoms with Gasteiger partial charge in [0.15, 0.2) is 0 Å². The van der Waals surface area contributed by atoms with Gasteiger partial charge in [-0.2, -0.15) is 0 Å². The van der Waals surface area contributed by atoms with E-state index in [0.29, 0.717) is 5.75 Å². The monoisotopic (exact) mass is 335 g/mol. The van der Waals surface area contributed by atoms with E-state index in [1.165, 1.54) is 11.8 Å². The summed E-state index contributed by atoms with van der Waals surface area (Å²) in [6.45, 7) is 0.0477. The summed E-state index contributed by atoms with van der Waals surface area (Å²) in [4.78, 5) is 13.7.